The Morgan fingerprint density at radius 2 is 2.25 bits per heavy atom. The molecule has 16 heavy (non-hydrogen) atoms. The second-order valence-electron chi connectivity index (χ2n) is 5.09. The van der Waals surface area contributed by atoms with Gasteiger partial charge in [0.25, 0.3) is 0 Å². The third-order valence-electron chi connectivity index (χ3n) is 3.58. The van der Waals surface area contributed by atoms with Crippen molar-refractivity contribution in [1.82, 2.24) is 10.6 Å². The lowest BCUT2D eigenvalue weighted by Crippen LogP contribution is -2.46. The highest BCUT2D eigenvalue weighted by molar-refractivity contribution is 5.78. The zero-order valence-corrected chi connectivity index (χ0v) is 10.9. The summed E-state index contributed by atoms with van der Waals surface area (Å²) in [5.41, 5.74) is 0. The minimum atomic E-state index is 0.156. The van der Waals surface area contributed by atoms with Gasteiger partial charge in [0, 0.05) is 12.0 Å². The van der Waals surface area contributed by atoms with Gasteiger partial charge >= 0.3 is 0 Å². The zero-order valence-electron chi connectivity index (χ0n) is 10.9. The number of hydrogen-bond acceptors (Lipinski definition) is 2. The van der Waals surface area contributed by atoms with Gasteiger partial charge in [0.1, 0.15) is 0 Å². The number of carbonyl (C=O) groups is 1. The molecule has 3 unspecified atom stereocenters. The van der Waals surface area contributed by atoms with Crippen molar-refractivity contribution in [3.63, 3.8) is 0 Å². The van der Waals surface area contributed by atoms with Crippen LogP contribution in [0.4, 0.5) is 0 Å². The number of piperidine rings is 1. The zero-order chi connectivity index (χ0) is 12.0. The van der Waals surface area contributed by atoms with Crippen molar-refractivity contribution in [3.8, 4) is 0 Å². The van der Waals surface area contributed by atoms with E-state index in [1.54, 1.807) is 0 Å². The summed E-state index contributed by atoms with van der Waals surface area (Å²) in [4.78, 5) is 11.9. The smallest absolute Gasteiger partial charge is 0.223 e. The first-order valence-electron chi connectivity index (χ1n) is 6.66. The van der Waals surface area contributed by atoms with Gasteiger partial charge in [-0.1, -0.05) is 20.3 Å². The predicted molar refractivity (Wildman–Crippen MR) is 67.3 cm³/mol. The molecule has 1 aliphatic rings. The summed E-state index contributed by atoms with van der Waals surface area (Å²) in [6.45, 7) is 8.45. The van der Waals surface area contributed by atoms with Gasteiger partial charge in [-0.3, -0.25) is 4.79 Å². The largest absolute Gasteiger partial charge is 0.353 e. The summed E-state index contributed by atoms with van der Waals surface area (Å²) >= 11 is 0. The summed E-state index contributed by atoms with van der Waals surface area (Å²) in [5.74, 6) is 0.982. The lowest BCUT2D eigenvalue weighted by molar-refractivity contribution is -0.125. The van der Waals surface area contributed by atoms with E-state index < -0.39 is 0 Å². The standard InChI is InChI=1S/C13H26N2O/c1-4-6-10(2)13(16)15-11(3)12-7-5-8-14-9-12/h10-12,14H,4-9H2,1-3H3,(H,15,16). The van der Waals surface area contributed by atoms with Crippen LogP contribution in [0.25, 0.3) is 0 Å². The molecule has 1 heterocycles. The van der Waals surface area contributed by atoms with E-state index in [2.05, 4.69) is 24.5 Å². The topological polar surface area (TPSA) is 41.1 Å². The highest BCUT2D eigenvalue weighted by Gasteiger charge is 2.22. The summed E-state index contributed by atoms with van der Waals surface area (Å²) < 4.78 is 0. The van der Waals surface area contributed by atoms with Crippen LogP contribution in [0.1, 0.15) is 46.5 Å². The molecule has 3 heteroatoms. The average Bonchev–Trinajstić information content (AvgIpc) is 2.30. The van der Waals surface area contributed by atoms with E-state index in [9.17, 15) is 4.79 Å². The maximum absolute atomic E-state index is 11.9. The molecular weight excluding hydrogens is 200 g/mol. The minimum absolute atomic E-state index is 0.156. The first kappa shape index (κ1) is 13.5. The van der Waals surface area contributed by atoms with Gasteiger partial charge in [0.15, 0.2) is 0 Å². The molecule has 0 saturated carbocycles. The molecule has 0 aromatic heterocycles. The van der Waals surface area contributed by atoms with E-state index >= 15 is 0 Å². The van der Waals surface area contributed by atoms with Crippen LogP contribution in [0.3, 0.4) is 0 Å². The molecule has 3 atom stereocenters. The molecule has 0 aliphatic carbocycles. The Bertz CT molecular complexity index is 212. The molecular formula is C13H26N2O. The molecule has 1 aliphatic heterocycles. The van der Waals surface area contributed by atoms with Gasteiger partial charge in [-0.15, -0.1) is 0 Å². The molecule has 2 N–H and O–H groups in total. The Morgan fingerprint density at radius 1 is 1.50 bits per heavy atom. The Kier molecular flexibility index (Phi) is 5.81. The van der Waals surface area contributed by atoms with Gasteiger partial charge in [-0.2, -0.15) is 0 Å². The molecule has 1 fully saturated rings. The highest BCUT2D eigenvalue weighted by atomic mass is 16.1. The summed E-state index contributed by atoms with van der Waals surface area (Å²) in [7, 11) is 0. The number of amides is 1. The van der Waals surface area contributed by atoms with Gasteiger partial charge in [-0.05, 0) is 45.2 Å². The van der Waals surface area contributed by atoms with Crippen LogP contribution in [0.15, 0.2) is 0 Å². The van der Waals surface area contributed by atoms with Crippen molar-refractivity contribution in [2.75, 3.05) is 13.1 Å². The fraction of sp³-hybridized carbons (Fsp3) is 0.923. The molecule has 0 aromatic rings. The minimum Gasteiger partial charge on any atom is -0.353 e. The maximum Gasteiger partial charge on any atom is 0.223 e. The second-order valence-corrected chi connectivity index (χ2v) is 5.09. The van der Waals surface area contributed by atoms with Crippen molar-refractivity contribution in [3.05, 3.63) is 0 Å². The number of rotatable bonds is 5. The molecule has 94 valence electrons. The van der Waals surface area contributed by atoms with Crippen LogP contribution >= 0.6 is 0 Å². The fourth-order valence-electron chi connectivity index (χ4n) is 2.35. The Labute approximate surface area is 99.4 Å². The van der Waals surface area contributed by atoms with Crippen LogP contribution in [0, 0.1) is 11.8 Å². The number of carbonyl (C=O) groups excluding carboxylic acids is 1. The monoisotopic (exact) mass is 226 g/mol. The first-order valence-corrected chi connectivity index (χ1v) is 6.66. The fourth-order valence-corrected chi connectivity index (χ4v) is 2.35. The first-order chi connectivity index (χ1) is 7.65. The van der Waals surface area contributed by atoms with E-state index in [1.165, 1.54) is 12.8 Å². The van der Waals surface area contributed by atoms with E-state index in [1.807, 2.05) is 6.92 Å². The highest BCUT2D eigenvalue weighted by Crippen LogP contribution is 2.15. The third-order valence-corrected chi connectivity index (χ3v) is 3.58. The number of hydrogen-bond donors (Lipinski definition) is 2. The molecule has 3 nitrogen and oxygen atoms in total. The van der Waals surface area contributed by atoms with Crippen molar-refractivity contribution < 1.29 is 4.79 Å². The number of nitrogens with one attached hydrogen (secondary N) is 2. The summed E-state index contributed by atoms with van der Waals surface area (Å²) in [6, 6.07) is 0.305. The lowest BCUT2D eigenvalue weighted by Gasteiger charge is -2.29. The van der Waals surface area contributed by atoms with Crippen LogP contribution in [-0.4, -0.2) is 25.0 Å². The third kappa shape index (κ3) is 4.12. The molecule has 0 aromatic carbocycles. The Morgan fingerprint density at radius 3 is 2.81 bits per heavy atom. The molecule has 0 radical (unpaired) electrons. The normalized spacial score (nSPS) is 24.8. The summed E-state index contributed by atoms with van der Waals surface area (Å²) in [6.07, 6.45) is 4.53. The van der Waals surface area contributed by atoms with Crippen molar-refractivity contribution in [2.24, 2.45) is 11.8 Å². The van der Waals surface area contributed by atoms with Gasteiger partial charge in [0.2, 0.25) is 5.91 Å². The lowest BCUT2D eigenvalue weighted by atomic mass is 9.92. The van der Waals surface area contributed by atoms with Crippen LogP contribution in [0.5, 0.6) is 0 Å². The van der Waals surface area contributed by atoms with E-state index in [0.29, 0.717) is 12.0 Å². The van der Waals surface area contributed by atoms with Gasteiger partial charge < -0.3 is 10.6 Å². The second kappa shape index (κ2) is 6.89. The molecule has 1 saturated heterocycles. The van der Waals surface area contributed by atoms with Crippen LogP contribution in [0.2, 0.25) is 0 Å². The Balaban J connectivity index is 2.31. The summed E-state index contributed by atoms with van der Waals surface area (Å²) in [5, 5.41) is 6.55. The quantitative estimate of drug-likeness (QED) is 0.752. The SMILES string of the molecule is CCCC(C)C(=O)NC(C)C1CCCNC1. The maximum atomic E-state index is 11.9. The van der Waals surface area contributed by atoms with Crippen LogP contribution < -0.4 is 10.6 Å². The molecule has 1 rings (SSSR count). The van der Waals surface area contributed by atoms with E-state index in [4.69, 9.17) is 0 Å². The van der Waals surface area contributed by atoms with Gasteiger partial charge in [0.05, 0.1) is 0 Å². The molecule has 0 spiro atoms. The predicted octanol–water partition coefficient (Wildman–Crippen LogP) is 1.93. The van der Waals surface area contributed by atoms with Crippen molar-refractivity contribution in [2.45, 2.75) is 52.5 Å². The Hall–Kier alpha value is -0.570. The van der Waals surface area contributed by atoms with Crippen LogP contribution in [-0.2, 0) is 4.79 Å². The van der Waals surface area contributed by atoms with Crippen molar-refractivity contribution in [1.29, 1.82) is 0 Å². The van der Waals surface area contributed by atoms with Crippen molar-refractivity contribution >= 4 is 5.91 Å². The average molecular weight is 226 g/mol. The van der Waals surface area contributed by atoms with Gasteiger partial charge in [-0.25, -0.2) is 0 Å². The van der Waals surface area contributed by atoms with E-state index in [-0.39, 0.29) is 11.8 Å². The van der Waals surface area contributed by atoms with E-state index in [0.717, 1.165) is 25.9 Å². The molecule has 0 bridgehead atoms. The molecule has 1 amide bonds.